The average molecular weight is 279 g/mol. The number of nitrogens with one attached hydrogen (secondary N) is 1. The van der Waals surface area contributed by atoms with Gasteiger partial charge in [-0.25, -0.2) is 0 Å². The lowest BCUT2D eigenvalue weighted by atomic mass is 9.89. The summed E-state index contributed by atoms with van der Waals surface area (Å²) >= 11 is 0. The molecular formula is C13H21N5O2. The molecule has 20 heavy (non-hydrogen) atoms. The fraction of sp³-hybridized carbons (Fsp3) is 0.615. The van der Waals surface area contributed by atoms with E-state index in [1.54, 1.807) is 25.9 Å². The Kier molecular flexibility index (Phi) is 3.45. The van der Waals surface area contributed by atoms with E-state index in [4.69, 9.17) is 5.73 Å². The number of nitrogens with zero attached hydrogens (tertiary/aromatic N) is 3. The molecule has 1 aromatic rings. The van der Waals surface area contributed by atoms with Gasteiger partial charge >= 0.3 is 0 Å². The maximum atomic E-state index is 12.6. The van der Waals surface area contributed by atoms with E-state index in [0.29, 0.717) is 36.6 Å². The van der Waals surface area contributed by atoms with Crippen LogP contribution in [-0.4, -0.2) is 46.6 Å². The number of carbonyl (C=O) groups excluding carboxylic acids is 2. The van der Waals surface area contributed by atoms with Crippen LogP contribution in [0, 0.1) is 12.3 Å². The minimum Gasteiger partial charge on any atom is -0.395 e. The molecule has 2 rings (SSSR count). The molecule has 0 spiro atoms. The van der Waals surface area contributed by atoms with Crippen LogP contribution in [0.25, 0.3) is 0 Å². The summed E-state index contributed by atoms with van der Waals surface area (Å²) in [6.45, 7) is 4.59. The molecule has 2 amide bonds. The van der Waals surface area contributed by atoms with Crippen molar-refractivity contribution in [2.45, 2.75) is 20.3 Å². The second kappa shape index (κ2) is 4.81. The van der Waals surface area contributed by atoms with Gasteiger partial charge in [-0.15, -0.1) is 0 Å². The normalized spacial score (nSPS) is 22.1. The first-order valence-corrected chi connectivity index (χ1v) is 6.60. The van der Waals surface area contributed by atoms with Gasteiger partial charge in [-0.1, -0.05) is 0 Å². The standard InChI is InChI=1S/C13H21N5O2/c1-8-9(14)10(17(4)16-8)11(19)18-6-5-13(2,7-18)12(20)15-3/h5-7,14H2,1-4H3,(H,15,20). The van der Waals surface area contributed by atoms with Crippen molar-refractivity contribution in [3.8, 4) is 0 Å². The first kappa shape index (κ1) is 14.4. The maximum absolute atomic E-state index is 12.6. The summed E-state index contributed by atoms with van der Waals surface area (Å²) in [5.41, 5.74) is 6.82. The van der Waals surface area contributed by atoms with Gasteiger partial charge in [0.25, 0.3) is 5.91 Å². The zero-order valence-corrected chi connectivity index (χ0v) is 12.4. The molecule has 2 heterocycles. The molecule has 1 aliphatic rings. The van der Waals surface area contributed by atoms with Crippen LogP contribution in [0.1, 0.15) is 29.5 Å². The number of rotatable bonds is 2. The minimum absolute atomic E-state index is 0.0399. The van der Waals surface area contributed by atoms with Gasteiger partial charge in [0.15, 0.2) is 0 Å². The molecule has 7 heteroatoms. The van der Waals surface area contributed by atoms with Crippen LogP contribution in [0.15, 0.2) is 0 Å². The second-order valence-electron chi connectivity index (χ2n) is 5.59. The Morgan fingerprint density at radius 3 is 2.60 bits per heavy atom. The molecule has 0 aromatic carbocycles. The molecule has 1 unspecified atom stereocenters. The lowest BCUT2D eigenvalue weighted by Crippen LogP contribution is -2.40. The van der Waals surface area contributed by atoms with Gasteiger partial charge in [0.05, 0.1) is 16.8 Å². The summed E-state index contributed by atoms with van der Waals surface area (Å²) in [4.78, 5) is 26.1. The van der Waals surface area contributed by atoms with Crippen molar-refractivity contribution in [3.05, 3.63) is 11.4 Å². The second-order valence-corrected chi connectivity index (χ2v) is 5.59. The van der Waals surface area contributed by atoms with Crippen LogP contribution in [-0.2, 0) is 11.8 Å². The van der Waals surface area contributed by atoms with E-state index >= 15 is 0 Å². The lowest BCUT2D eigenvalue weighted by Gasteiger charge is -2.22. The zero-order valence-electron chi connectivity index (χ0n) is 12.4. The van der Waals surface area contributed by atoms with Crippen LogP contribution in [0.5, 0.6) is 0 Å². The number of anilines is 1. The Morgan fingerprint density at radius 2 is 2.10 bits per heavy atom. The number of hydrogen-bond donors (Lipinski definition) is 2. The van der Waals surface area contributed by atoms with Crippen molar-refractivity contribution in [2.75, 3.05) is 25.9 Å². The number of nitrogen functional groups attached to an aromatic ring is 1. The smallest absolute Gasteiger partial charge is 0.274 e. The summed E-state index contributed by atoms with van der Waals surface area (Å²) in [6.07, 6.45) is 0.648. The van der Waals surface area contributed by atoms with Crippen molar-refractivity contribution in [3.63, 3.8) is 0 Å². The Balaban J connectivity index is 2.22. The van der Waals surface area contributed by atoms with Gasteiger partial charge in [-0.3, -0.25) is 14.3 Å². The lowest BCUT2D eigenvalue weighted by molar-refractivity contribution is -0.128. The van der Waals surface area contributed by atoms with Crippen molar-refractivity contribution >= 4 is 17.5 Å². The van der Waals surface area contributed by atoms with E-state index in [0.717, 1.165) is 0 Å². The zero-order chi connectivity index (χ0) is 15.1. The molecular weight excluding hydrogens is 258 g/mol. The fourth-order valence-electron chi connectivity index (χ4n) is 2.70. The first-order valence-electron chi connectivity index (χ1n) is 6.60. The summed E-state index contributed by atoms with van der Waals surface area (Å²) in [5, 5.41) is 6.81. The molecule has 0 saturated carbocycles. The Hall–Kier alpha value is -2.05. The summed E-state index contributed by atoms with van der Waals surface area (Å²) in [6, 6.07) is 0. The van der Waals surface area contributed by atoms with Gasteiger partial charge in [0.2, 0.25) is 5.91 Å². The predicted octanol–water partition coefficient (Wildman–Crippen LogP) is -0.0911. The summed E-state index contributed by atoms with van der Waals surface area (Å²) in [7, 11) is 3.31. The highest BCUT2D eigenvalue weighted by Gasteiger charge is 2.42. The summed E-state index contributed by atoms with van der Waals surface area (Å²) in [5.74, 6) is -0.208. The Morgan fingerprint density at radius 1 is 1.45 bits per heavy atom. The topological polar surface area (TPSA) is 93.2 Å². The number of nitrogens with two attached hydrogens (primary N) is 1. The number of aryl methyl sites for hydroxylation is 2. The molecule has 1 aliphatic heterocycles. The van der Waals surface area contributed by atoms with Crippen LogP contribution >= 0.6 is 0 Å². The van der Waals surface area contributed by atoms with E-state index in [1.165, 1.54) is 4.68 Å². The monoisotopic (exact) mass is 279 g/mol. The van der Waals surface area contributed by atoms with Crippen LogP contribution in [0.3, 0.4) is 0 Å². The third-order valence-corrected chi connectivity index (χ3v) is 4.01. The van der Waals surface area contributed by atoms with Crippen LogP contribution in [0.4, 0.5) is 5.69 Å². The van der Waals surface area contributed by atoms with E-state index in [2.05, 4.69) is 10.4 Å². The molecule has 1 aromatic heterocycles. The molecule has 1 fully saturated rings. The third-order valence-electron chi connectivity index (χ3n) is 4.01. The molecule has 0 aliphatic carbocycles. The van der Waals surface area contributed by atoms with E-state index < -0.39 is 5.41 Å². The molecule has 0 bridgehead atoms. The SMILES string of the molecule is CNC(=O)C1(C)CCN(C(=O)c2c(N)c(C)nn2C)C1. The molecule has 7 nitrogen and oxygen atoms in total. The van der Waals surface area contributed by atoms with E-state index in [9.17, 15) is 9.59 Å². The predicted molar refractivity (Wildman–Crippen MR) is 75.1 cm³/mol. The maximum Gasteiger partial charge on any atom is 0.274 e. The number of amides is 2. The van der Waals surface area contributed by atoms with Crippen LogP contribution < -0.4 is 11.1 Å². The largest absolute Gasteiger partial charge is 0.395 e. The number of aromatic nitrogens is 2. The molecule has 1 atom stereocenters. The quantitative estimate of drug-likeness (QED) is 0.791. The van der Waals surface area contributed by atoms with Gasteiger partial charge in [-0.05, 0) is 20.3 Å². The number of likely N-dealkylation sites (tertiary alicyclic amines) is 1. The van der Waals surface area contributed by atoms with Crippen molar-refractivity contribution < 1.29 is 9.59 Å². The fourth-order valence-corrected chi connectivity index (χ4v) is 2.70. The summed E-state index contributed by atoms with van der Waals surface area (Å²) < 4.78 is 1.50. The van der Waals surface area contributed by atoms with Gasteiger partial charge in [-0.2, -0.15) is 5.10 Å². The van der Waals surface area contributed by atoms with Crippen molar-refractivity contribution in [1.29, 1.82) is 0 Å². The van der Waals surface area contributed by atoms with Gasteiger partial charge < -0.3 is 16.0 Å². The minimum atomic E-state index is -0.535. The number of hydrogen-bond acceptors (Lipinski definition) is 4. The molecule has 0 radical (unpaired) electrons. The van der Waals surface area contributed by atoms with E-state index in [-0.39, 0.29) is 11.8 Å². The third kappa shape index (κ3) is 2.13. The van der Waals surface area contributed by atoms with Gasteiger partial charge in [0.1, 0.15) is 5.69 Å². The molecule has 1 saturated heterocycles. The Bertz CT molecular complexity index is 565. The highest BCUT2D eigenvalue weighted by molar-refractivity contribution is 5.98. The van der Waals surface area contributed by atoms with E-state index in [1.807, 2.05) is 6.92 Å². The van der Waals surface area contributed by atoms with Crippen LogP contribution in [0.2, 0.25) is 0 Å². The highest BCUT2D eigenvalue weighted by atomic mass is 16.2. The Labute approximate surface area is 118 Å². The van der Waals surface area contributed by atoms with Crippen molar-refractivity contribution in [1.82, 2.24) is 20.0 Å². The van der Waals surface area contributed by atoms with Gasteiger partial charge in [0, 0.05) is 27.2 Å². The molecule has 3 N–H and O–H groups in total. The molecule has 110 valence electrons. The highest BCUT2D eigenvalue weighted by Crippen LogP contribution is 2.31. The number of carbonyl (C=O) groups is 2. The average Bonchev–Trinajstić information content (AvgIpc) is 2.91. The van der Waals surface area contributed by atoms with Crippen molar-refractivity contribution in [2.24, 2.45) is 12.5 Å². The first-order chi connectivity index (χ1) is 9.30.